The van der Waals surface area contributed by atoms with Crippen LogP contribution in [0.1, 0.15) is 33.1 Å². The number of aromatic nitrogens is 1. The Bertz CT molecular complexity index is 354. The number of anilines is 1. The van der Waals surface area contributed by atoms with Gasteiger partial charge in [0.05, 0.1) is 0 Å². The molecule has 3 heteroatoms. The van der Waals surface area contributed by atoms with E-state index < -0.39 is 0 Å². The van der Waals surface area contributed by atoms with Gasteiger partial charge in [-0.1, -0.05) is 25.4 Å². The maximum atomic E-state index is 5.87. The van der Waals surface area contributed by atoms with Crippen molar-refractivity contribution < 1.29 is 0 Å². The fourth-order valence-electron chi connectivity index (χ4n) is 2.59. The van der Waals surface area contributed by atoms with Crippen LogP contribution in [0, 0.1) is 11.8 Å². The van der Waals surface area contributed by atoms with Crippen molar-refractivity contribution in [2.24, 2.45) is 11.8 Å². The minimum Gasteiger partial charge on any atom is -0.382 e. The van der Waals surface area contributed by atoms with Gasteiger partial charge in [0, 0.05) is 17.9 Å². The van der Waals surface area contributed by atoms with E-state index >= 15 is 0 Å². The Morgan fingerprint density at radius 3 is 2.88 bits per heavy atom. The van der Waals surface area contributed by atoms with E-state index in [4.69, 9.17) is 11.6 Å². The summed E-state index contributed by atoms with van der Waals surface area (Å²) in [6, 6.07) is 4.46. The van der Waals surface area contributed by atoms with E-state index in [1.54, 1.807) is 6.20 Å². The number of hydrogen-bond donors (Lipinski definition) is 1. The van der Waals surface area contributed by atoms with Crippen molar-refractivity contribution in [2.45, 2.75) is 39.2 Å². The highest BCUT2D eigenvalue weighted by atomic mass is 35.5. The minimum atomic E-state index is 0.557. The van der Waals surface area contributed by atoms with Crippen molar-refractivity contribution in [3.8, 4) is 0 Å². The second-order valence-electron chi connectivity index (χ2n) is 5.01. The zero-order chi connectivity index (χ0) is 11.5. The third kappa shape index (κ3) is 2.88. The summed E-state index contributed by atoms with van der Waals surface area (Å²) < 4.78 is 0. The van der Waals surface area contributed by atoms with E-state index in [-0.39, 0.29) is 0 Å². The molecule has 88 valence electrons. The summed E-state index contributed by atoms with van der Waals surface area (Å²) in [6.45, 7) is 4.67. The molecule has 1 aliphatic carbocycles. The minimum absolute atomic E-state index is 0.557. The fraction of sp³-hybridized carbons (Fsp3) is 0.615. The van der Waals surface area contributed by atoms with Crippen LogP contribution in [0.4, 0.5) is 5.69 Å². The Balaban J connectivity index is 1.99. The summed E-state index contributed by atoms with van der Waals surface area (Å²) in [5.41, 5.74) is 1.09. The lowest BCUT2D eigenvalue weighted by Gasteiger charge is -2.33. The first kappa shape index (κ1) is 11.7. The van der Waals surface area contributed by atoms with Crippen LogP contribution in [0.5, 0.6) is 0 Å². The van der Waals surface area contributed by atoms with Gasteiger partial charge in [-0.25, -0.2) is 4.98 Å². The lowest BCUT2D eigenvalue weighted by Crippen LogP contribution is -2.32. The Labute approximate surface area is 102 Å². The Morgan fingerprint density at radius 2 is 2.19 bits per heavy atom. The van der Waals surface area contributed by atoms with Gasteiger partial charge in [0.2, 0.25) is 0 Å². The van der Waals surface area contributed by atoms with Crippen molar-refractivity contribution >= 4 is 17.3 Å². The number of nitrogens with one attached hydrogen (secondary N) is 1. The smallest absolute Gasteiger partial charge is 0.131 e. The van der Waals surface area contributed by atoms with Gasteiger partial charge in [-0.15, -0.1) is 0 Å². The molecule has 0 aromatic carbocycles. The molecule has 1 aromatic heterocycles. The Hall–Kier alpha value is -0.760. The molecule has 2 nitrogen and oxygen atoms in total. The van der Waals surface area contributed by atoms with Gasteiger partial charge in [0.15, 0.2) is 0 Å². The Morgan fingerprint density at radius 1 is 1.38 bits per heavy atom. The van der Waals surface area contributed by atoms with E-state index in [2.05, 4.69) is 24.1 Å². The molecule has 1 fully saturated rings. The highest BCUT2D eigenvalue weighted by Crippen LogP contribution is 2.30. The van der Waals surface area contributed by atoms with Gasteiger partial charge in [-0.2, -0.15) is 0 Å². The predicted octanol–water partition coefficient (Wildman–Crippen LogP) is 3.97. The average Bonchev–Trinajstić information content (AvgIpc) is 2.22. The third-order valence-electron chi connectivity index (χ3n) is 3.51. The van der Waals surface area contributed by atoms with Crippen molar-refractivity contribution in [3.63, 3.8) is 0 Å². The van der Waals surface area contributed by atoms with Crippen molar-refractivity contribution in [1.82, 2.24) is 4.98 Å². The predicted molar refractivity (Wildman–Crippen MR) is 68.8 cm³/mol. The second-order valence-corrected chi connectivity index (χ2v) is 5.40. The van der Waals surface area contributed by atoms with Crippen LogP contribution >= 0.6 is 11.6 Å². The topological polar surface area (TPSA) is 24.9 Å². The summed E-state index contributed by atoms with van der Waals surface area (Å²) >= 11 is 5.87. The molecule has 3 atom stereocenters. The largest absolute Gasteiger partial charge is 0.382 e. The van der Waals surface area contributed by atoms with Gasteiger partial charge in [-0.3, -0.25) is 0 Å². The molecule has 0 bridgehead atoms. The quantitative estimate of drug-likeness (QED) is 0.789. The highest BCUT2D eigenvalue weighted by Gasteiger charge is 2.24. The van der Waals surface area contributed by atoms with Crippen LogP contribution in [0.15, 0.2) is 18.3 Å². The molecule has 0 aliphatic heterocycles. The molecular weight excluding hydrogens is 220 g/mol. The second kappa shape index (κ2) is 5.05. The number of pyridine rings is 1. The molecule has 2 rings (SSSR count). The van der Waals surface area contributed by atoms with Gasteiger partial charge >= 0.3 is 0 Å². The van der Waals surface area contributed by atoms with Crippen LogP contribution in [-0.4, -0.2) is 11.0 Å². The standard InChI is InChI=1S/C13H19ClN2/c1-9-3-4-12(10(2)7-9)16-11-5-6-15-13(14)8-11/h5-6,8-10,12H,3-4,7H2,1-2H3,(H,15,16). The number of halogens is 1. The summed E-state index contributed by atoms with van der Waals surface area (Å²) in [7, 11) is 0. The molecule has 1 N–H and O–H groups in total. The van der Waals surface area contributed by atoms with Crippen molar-refractivity contribution in [2.75, 3.05) is 5.32 Å². The van der Waals surface area contributed by atoms with Crippen LogP contribution in [-0.2, 0) is 0 Å². The number of rotatable bonds is 2. The fourth-order valence-corrected chi connectivity index (χ4v) is 2.76. The molecule has 0 radical (unpaired) electrons. The van der Waals surface area contributed by atoms with Gasteiger partial charge in [-0.05, 0) is 43.2 Å². The average molecular weight is 239 g/mol. The summed E-state index contributed by atoms with van der Waals surface area (Å²) in [6.07, 6.45) is 5.64. The highest BCUT2D eigenvalue weighted by molar-refractivity contribution is 6.29. The van der Waals surface area contributed by atoms with Crippen LogP contribution in [0.2, 0.25) is 5.15 Å². The van der Waals surface area contributed by atoms with Crippen molar-refractivity contribution in [1.29, 1.82) is 0 Å². The molecule has 0 saturated heterocycles. The first-order chi connectivity index (χ1) is 7.65. The first-order valence-corrected chi connectivity index (χ1v) is 6.41. The molecule has 0 spiro atoms. The van der Waals surface area contributed by atoms with Crippen LogP contribution < -0.4 is 5.32 Å². The van der Waals surface area contributed by atoms with E-state index in [1.807, 2.05) is 12.1 Å². The van der Waals surface area contributed by atoms with E-state index in [0.717, 1.165) is 17.5 Å². The molecule has 0 amide bonds. The van der Waals surface area contributed by atoms with Gasteiger partial charge in [0.1, 0.15) is 5.15 Å². The zero-order valence-corrected chi connectivity index (χ0v) is 10.7. The Kier molecular flexibility index (Phi) is 3.70. The number of hydrogen-bond acceptors (Lipinski definition) is 2. The van der Waals surface area contributed by atoms with E-state index in [1.165, 1.54) is 19.3 Å². The molecule has 16 heavy (non-hydrogen) atoms. The molecule has 1 saturated carbocycles. The normalized spacial score (nSPS) is 30.1. The van der Waals surface area contributed by atoms with E-state index in [0.29, 0.717) is 11.2 Å². The number of nitrogens with zero attached hydrogens (tertiary/aromatic N) is 1. The lowest BCUT2D eigenvalue weighted by molar-refractivity contribution is 0.276. The van der Waals surface area contributed by atoms with Gasteiger partial charge < -0.3 is 5.32 Å². The molecular formula is C13H19ClN2. The molecule has 1 heterocycles. The van der Waals surface area contributed by atoms with Crippen LogP contribution in [0.3, 0.4) is 0 Å². The summed E-state index contributed by atoms with van der Waals surface area (Å²) in [5, 5.41) is 4.12. The maximum Gasteiger partial charge on any atom is 0.131 e. The zero-order valence-electron chi connectivity index (χ0n) is 9.91. The molecule has 1 aliphatic rings. The van der Waals surface area contributed by atoms with Gasteiger partial charge in [0.25, 0.3) is 0 Å². The maximum absolute atomic E-state index is 5.87. The SMILES string of the molecule is CC1CCC(Nc2ccnc(Cl)c2)C(C)C1. The lowest BCUT2D eigenvalue weighted by atomic mass is 9.80. The van der Waals surface area contributed by atoms with Crippen LogP contribution in [0.25, 0.3) is 0 Å². The molecule has 1 aromatic rings. The first-order valence-electron chi connectivity index (χ1n) is 6.03. The summed E-state index contributed by atoms with van der Waals surface area (Å²) in [4.78, 5) is 3.99. The van der Waals surface area contributed by atoms with E-state index in [9.17, 15) is 0 Å². The monoisotopic (exact) mass is 238 g/mol. The van der Waals surface area contributed by atoms with Crippen molar-refractivity contribution in [3.05, 3.63) is 23.5 Å². The summed E-state index contributed by atoms with van der Waals surface area (Å²) in [5.74, 6) is 1.60. The third-order valence-corrected chi connectivity index (χ3v) is 3.72. The molecule has 3 unspecified atom stereocenters.